The lowest BCUT2D eigenvalue weighted by molar-refractivity contribution is -0.121. The summed E-state index contributed by atoms with van der Waals surface area (Å²) < 4.78 is 31.0. The molecule has 1 aliphatic heterocycles. The minimum Gasteiger partial charge on any atom is -0.495 e. The van der Waals surface area contributed by atoms with Crippen LogP contribution in [0.25, 0.3) is 6.08 Å². The molecule has 2 aromatic carbocycles. The fourth-order valence-electron chi connectivity index (χ4n) is 3.18. The van der Waals surface area contributed by atoms with Crippen LogP contribution in [0.15, 0.2) is 81.8 Å². The van der Waals surface area contributed by atoms with Crippen LogP contribution in [0.5, 0.6) is 5.75 Å². The first-order chi connectivity index (χ1) is 14.5. The van der Waals surface area contributed by atoms with E-state index in [9.17, 15) is 13.2 Å². The number of pyridine rings is 1. The van der Waals surface area contributed by atoms with Crippen molar-refractivity contribution in [3.63, 3.8) is 0 Å². The molecule has 0 saturated carbocycles. The first-order valence-corrected chi connectivity index (χ1v) is 10.7. The Kier molecular flexibility index (Phi) is 5.33. The predicted molar refractivity (Wildman–Crippen MR) is 110 cm³/mol. The number of carbonyl (C=O) groups excluding carboxylic acids is 1. The van der Waals surface area contributed by atoms with E-state index in [-0.39, 0.29) is 22.2 Å². The number of hydrogen-bond acceptors (Lipinski definition) is 6. The van der Waals surface area contributed by atoms with Gasteiger partial charge in [-0.1, -0.05) is 24.3 Å². The molecule has 30 heavy (non-hydrogen) atoms. The van der Waals surface area contributed by atoms with Crippen molar-refractivity contribution in [1.29, 1.82) is 0 Å². The molecule has 1 amide bonds. The number of rotatable bonds is 6. The fourth-order valence-corrected chi connectivity index (χ4v) is 4.61. The van der Waals surface area contributed by atoms with Crippen molar-refractivity contribution in [1.82, 2.24) is 10.3 Å². The highest BCUT2D eigenvalue weighted by Gasteiger charge is 2.22. The van der Waals surface area contributed by atoms with Crippen LogP contribution < -0.4 is 20.6 Å². The maximum Gasteiger partial charge on any atom is 0.249 e. The van der Waals surface area contributed by atoms with Gasteiger partial charge in [-0.3, -0.25) is 14.8 Å². The SMILES string of the molecule is COc1ccccc1S(=O)(=O)c1ccc(CNC(=O)C2C=c3cnccc3=N2)cc1. The van der Waals surface area contributed by atoms with Gasteiger partial charge in [-0.2, -0.15) is 0 Å². The van der Waals surface area contributed by atoms with E-state index in [1.807, 2.05) is 0 Å². The van der Waals surface area contributed by atoms with Gasteiger partial charge in [0, 0.05) is 24.2 Å². The van der Waals surface area contributed by atoms with Crippen molar-refractivity contribution in [3.05, 3.63) is 83.1 Å². The van der Waals surface area contributed by atoms with E-state index < -0.39 is 15.9 Å². The number of nitrogens with one attached hydrogen (secondary N) is 1. The van der Waals surface area contributed by atoms with Gasteiger partial charge in [0.25, 0.3) is 0 Å². The summed E-state index contributed by atoms with van der Waals surface area (Å²) in [6.45, 7) is 0.266. The zero-order chi connectivity index (χ0) is 21.1. The molecule has 4 rings (SSSR count). The number of sulfone groups is 1. The lowest BCUT2D eigenvalue weighted by Gasteiger charge is -2.11. The maximum absolute atomic E-state index is 12.9. The number of amides is 1. The zero-order valence-corrected chi connectivity index (χ0v) is 17.0. The van der Waals surface area contributed by atoms with Crippen molar-refractivity contribution in [2.45, 2.75) is 22.4 Å². The Balaban J connectivity index is 1.45. The number of hydrogen-bond donors (Lipinski definition) is 1. The van der Waals surface area contributed by atoms with E-state index in [0.29, 0.717) is 5.75 Å². The molecular weight excluding hydrogens is 402 g/mol. The smallest absolute Gasteiger partial charge is 0.249 e. The summed E-state index contributed by atoms with van der Waals surface area (Å²) in [5.74, 6) is 0.0681. The van der Waals surface area contributed by atoms with Crippen LogP contribution >= 0.6 is 0 Å². The van der Waals surface area contributed by atoms with E-state index in [4.69, 9.17) is 4.74 Å². The lowest BCUT2D eigenvalue weighted by atomic mass is 10.2. The highest BCUT2D eigenvalue weighted by molar-refractivity contribution is 7.91. The minimum atomic E-state index is -3.71. The summed E-state index contributed by atoms with van der Waals surface area (Å²) in [7, 11) is -2.28. The topological polar surface area (TPSA) is 97.7 Å². The summed E-state index contributed by atoms with van der Waals surface area (Å²) in [6, 6.07) is 14.1. The summed E-state index contributed by atoms with van der Waals surface area (Å²) in [5.41, 5.74) is 0.777. The second kappa shape index (κ2) is 8.08. The van der Waals surface area contributed by atoms with Crippen LogP contribution in [0, 0.1) is 0 Å². The van der Waals surface area contributed by atoms with E-state index >= 15 is 0 Å². The summed E-state index contributed by atoms with van der Waals surface area (Å²) in [6.07, 6.45) is 5.07. The average Bonchev–Trinajstić information content (AvgIpc) is 3.22. The van der Waals surface area contributed by atoms with Gasteiger partial charge in [0.15, 0.2) is 0 Å². The molecule has 7 nitrogen and oxygen atoms in total. The normalized spacial score (nSPS) is 14.9. The van der Waals surface area contributed by atoms with Gasteiger partial charge >= 0.3 is 0 Å². The van der Waals surface area contributed by atoms with Crippen molar-refractivity contribution in [2.24, 2.45) is 4.99 Å². The quantitative estimate of drug-likeness (QED) is 0.641. The Morgan fingerprint density at radius 1 is 1.10 bits per heavy atom. The van der Waals surface area contributed by atoms with Crippen LogP contribution in [0.3, 0.4) is 0 Å². The number of para-hydroxylation sites is 1. The molecule has 3 aromatic rings. The third-order valence-corrected chi connectivity index (χ3v) is 6.58. The largest absolute Gasteiger partial charge is 0.495 e. The number of aromatic nitrogens is 1. The third kappa shape index (κ3) is 3.81. The molecule has 1 unspecified atom stereocenters. The van der Waals surface area contributed by atoms with Crippen molar-refractivity contribution >= 4 is 21.8 Å². The molecule has 2 heterocycles. The van der Waals surface area contributed by atoms with Gasteiger partial charge in [0.2, 0.25) is 15.7 Å². The minimum absolute atomic E-state index is 0.112. The Hall–Kier alpha value is -3.52. The molecule has 0 spiro atoms. The van der Waals surface area contributed by atoms with Gasteiger partial charge in [0.1, 0.15) is 16.7 Å². The van der Waals surface area contributed by atoms with Crippen LogP contribution in [0.1, 0.15) is 5.56 Å². The summed E-state index contributed by atoms with van der Waals surface area (Å²) in [5, 5.41) is 4.41. The molecule has 1 N–H and O–H groups in total. The maximum atomic E-state index is 12.9. The van der Waals surface area contributed by atoms with Crippen molar-refractivity contribution in [2.75, 3.05) is 7.11 Å². The molecule has 1 aromatic heterocycles. The van der Waals surface area contributed by atoms with Gasteiger partial charge < -0.3 is 10.1 Å². The number of carbonyl (C=O) groups is 1. The van der Waals surface area contributed by atoms with E-state index in [1.54, 1.807) is 54.9 Å². The van der Waals surface area contributed by atoms with Gasteiger partial charge in [-0.15, -0.1) is 0 Å². The molecule has 0 radical (unpaired) electrons. The highest BCUT2D eigenvalue weighted by atomic mass is 32.2. The zero-order valence-electron chi connectivity index (χ0n) is 16.1. The van der Waals surface area contributed by atoms with Crippen molar-refractivity contribution in [3.8, 4) is 5.75 Å². The van der Waals surface area contributed by atoms with Gasteiger partial charge in [0.05, 0.1) is 17.4 Å². The monoisotopic (exact) mass is 421 g/mol. The molecule has 1 atom stereocenters. The first kappa shape index (κ1) is 19.8. The molecule has 8 heteroatoms. The average molecular weight is 421 g/mol. The molecule has 0 saturated heterocycles. The lowest BCUT2D eigenvalue weighted by Crippen LogP contribution is -2.31. The Morgan fingerprint density at radius 3 is 2.60 bits per heavy atom. The van der Waals surface area contributed by atoms with E-state index in [0.717, 1.165) is 16.1 Å². The Labute approximate surface area is 173 Å². The predicted octanol–water partition coefficient (Wildman–Crippen LogP) is 1.02. The fraction of sp³-hybridized carbons (Fsp3) is 0.136. The second-order valence-electron chi connectivity index (χ2n) is 6.69. The van der Waals surface area contributed by atoms with Gasteiger partial charge in [-0.05, 0) is 42.0 Å². The molecule has 1 aliphatic rings. The Morgan fingerprint density at radius 2 is 1.87 bits per heavy atom. The van der Waals surface area contributed by atoms with Crippen LogP contribution in [-0.4, -0.2) is 32.5 Å². The van der Waals surface area contributed by atoms with Crippen LogP contribution in [0.2, 0.25) is 0 Å². The third-order valence-electron chi connectivity index (χ3n) is 4.77. The second-order valence-corrected chi connectivity index (χ2v) is 8.61. The van der Waals surface area contributed by atoms with Crippen LogP contribution in [-0.2, 0) is 21.2 Å². The number of fused-ring (bicyclic) bond motifs is 1. The van der Waals surface area contributed by atoms with E-state index in [1.165, 1.54) is 25.3 Å². The number of ether oxygens (including phenoxy) is 1. The first-order valence-electron chi connectivity index (χ1n) is 9.23. The molecule has 0 fully saturated rings. The molecular formula is C22H19N3O4S. The van der Waals surface area contributed by atoms with E-state index in [2.05, 4.69) is 15.3 Å². The van der Waals surface area contributed by atoms with Gasteiger partial charge in [-0.25, -0.2) is 8.42 Å². The molecule has 0 aliphatic carbocycles. The molecule has 0 bridgehead atoms. The summed E-state index contributed by atoms with van der Waals surface area (Å²) in [4.78, 5) is 21.1. The highest BCUT2D eigenvalue weighted by Crippen LogP contribution is 2.29. The number of nitrogens with zero attached hydrogens (tertiary/aromatic N) is 2. The summed E-state index contributed by atoms with van der Waals surface area (Å²) >= 11 is 0. The molecule has 152 valence electrons. The number of methoxy groups -OCH3 is 1. The standard InChI is InChI=1S/C22H19N3O4S/c1-29-20-4-2-3-5-21(20)30(27,28)17-8-6-15(7-9-17)13-24-22(26)19-12-16-14-23-11-10-18(16)25-19/h2-12,14,19H,13H2,1H3,(H,24,26). The number of benzene rings is 2. The van der Waals surface area contributed by atoms with Crippen molar-refractivity contribution < 1.29 is 17.9 Å². The Bertz CT molecular complexity index is 1280. The van der Waals surface area contributed by atoms with Crippen LogP contribution in [0.4, 0.5) is 0 Å².